The van der Waals surface area contributed by atoms with E-state index < -0.39 is 12.2 Å². The van der Waals surface area contributed by atoms with Crippen LogP contribution >= 0.6 is 0 Å². The van der Waals surface area contributed by atoms with Gasteiger partial charge in [0.1, 0.15) is 18.2 Å². The number of imidazole rings is 1. The summed E-state index contributed by atoms with van der Waals surface area (Å²) < 4.78 is 7.55. The summed E-state index contributed by atoms with van der Waals surface area (Å²) in [6.07, 6.45) is 5.26. The average molecular weight is 333 g/mol. The van der Waals surface area contributed by atoms with Crippen molar-refractivity contribution in [1.29, 1.82) is 0 Å². The first kappa shape index (κ1) is 15.7. The van der Waals surface area contributed by atoms with E-state index >= 15 is 0 Å². The van der Waals surface area contributed by atoms with Crippen molar-refractivity contribution >= 4 is 17.0 Å². The Morgan fingerprint density at radius 3 is 2.83 bits per heavy atom. The van der Waals surface area contributed by atoms with Gasteiger partial charge in [0.25, 0.3) is 0 Å². The molecule has 3 N–H and O–H groups in total. The van der Waals surface area contributed by atoms with Crippen molar-refractivity contribution in [2.24, 2.45) is 0 Å². The third-order valence-corrected chi connectivity index (χ3v) is 4.92. The molecule has 0 aromatic carbocycles. The summed E-state index contributed by atoms with van der Waals surface area (Å²) in [5, 5.41) is 22.7. The Morgan fingerprint density at radius 2 is 2.12 bits per heavy atom. The van der Waals surface area contributed by atoms with Crippen molar-refractivity contribution in [1.82, 2.24) is 19.5 Å². The molecule has 1 aliphatic carbocycles. The number of hydrogen-bond acceptors (Lipinski definition) is 7. The van der Waals surface area contributed by atoms with Crippen LogP contribution < -0.4 is 5.32 Å². The number of aliphatic hydroxyl groups is 2. The number of fused-ring (bicyclic) bond motifs is 1. The summed E-state index contributed by atoms with van der Waals surface area (Å²) in [6, 6.07) is 0.441. The van der Waals surface area contributed by atoms with Crippen molar-refractivity contribution in [3.63, 3.8) is 0 Å². The normalized spacial score (nSPS) is 28.0. The van der Waals surface area contributed by atoms with Crippen LogP contribution in [-0.4, -0.2) is 54.6 Å². The van der Waals surface area contributed by atoms with Crippen molar-refractivity contribution in [2.75, 3.05) is 11.9 Å². The minimum Gasteiger partial charge on any atom is -0.394 e. The van der Waals surface area contributed by atoms with Crippen molar-refractivity contribution in [3.05, 3.63) is 12.2 Å². The van der Waals surface area contributed by atoms with E-state index in [9.17, 15) is 10.2 Å². The molecule has 2 aromatic heterocycles. The molecule has 8 heteroatoms. The van der Waals surface area contributed by atoms with Crippen LogP contribution in [0.2, 0.25) is 0 Å². The van der Waals surface area contributed by atoms with E-state index in [4.69, 9.17) is 4.74 Å². The van der Waals surface area contributed by atoms with Gasteiger partial charge in [-0.1, -0.05) is 12.8 Å². The van der Waals surface area contributed by atoms with E-state index in [-0.39, 0.29) is 12.8 Å². The second-order valence-corrected chi connectivity index (χ2v) is 6.68. The van der Waals surface area contributed by atoms with Gasteiger partial charge in [0, 0.05) is 12.5 Å². The molecular formula is C16H23N5O3. The van der Waals surface area contributed by atoms with Gasteiger partial charge in [0.15, 0.2) is 17.0 Å². The van der Waals surface area contributed by atoms with Crippen LogP contribution in [0, 0.1) is 6.92 Å². The SMILES string of the molecule is Cc1nc(NC2CCCC2)c2ncn([C@H]3C[C@H](O)[C@@H](CO)O3)c2n1. The fraction of sp³-hybridized carbons (Fsp3) is 0.688. The van der Waals surface area contributed by atoms with Gasteiger partial charge in [-0.3, -0.25) is 4.57 Å². The third-order valence-electron chi connectivity index (χ3n) is 4.92. The topological polar surface area (TPSA) is 105 Å². The molecule has 1 aliphatic heterocycles. The predicted octanol–water partition coefficient (Wildman–Crippen LogP) is 1.13. The largest absolute Gasteiger partial charge is 0.394 e. The van der Waals surface area contributed by atoms with Gasteiger partial charge in [0.05, 0.1) is 19.0 Å². The monoisotopic (exact) mass is 333 g/mol. The minimum atomic E-state index is -0.684. The number of nitrogens with one attached hydrogen (secondary N) is 1. The summed E-state index contributed by atoms with van der Waals surface area (Å²) in [7, 11) is 0. The first-order chi connectivity index (χ1) is 11.7. The van der Waals surface area contributed by atoms with E-state index in [1.165, 1.54) is 12.8 Å². The van der Waals surface area contributed by atoms with Gasteiger partial charge in [0.2, 0.25) is 0 Å². The van der Waals surface area contributed by atoms with E-state index in [0.29, 0.717) is 23.9 Å². The summed E-state index contributed by atoms with van der Waals surface area (Å²) in [5.41, 5.74) is 1.41. The summed E-state index contributed by atoms with van der Waals surface area (Å²) in [5.74, 6) is 1.43. The number of aromatic nitrogens is 4. The van der Waals surface area contributed by atoms with E-state index in [1.54, 1.807) is 6.33 Å². The summed E-state index contributed by atoms with van der Waals surface area (Å²) >= 11 is 0. The molecule has 0 unspecified atom stereocenters. The number of nitrogens with zero attached hydrogens (tertiary/aromatic N) is 4. The fourth-order valence-corrected chi connectivity index (χ4v) is 3.65. The first-order valence-corrected chi connectivity index (χ1v) is 8.58. The van der Waals surface area contributed by atoms with Crippen LogP contribution in [0.15, 0.2) is 6.33 Å². The Hall–Kier alpha value is -1.77. The molecule has 8 nitrogen and oxygen atoms in total. The van der Waals surface area contributed by atoms with Crippen LogP contribution in [0.1, 0.15) is 44.2 Å². The summed E-state index contributed by atoms with van der Waals surface area (Å²) in [6.45, 7) is 1.66. The molecule has 0 spiro atoms. The maximum Gasteiger partial charge on any atom is 0.167 e. The molecule has 3 atom stereocenters. The molecule has 130 valence electrons. The number of aryl methyl sites for hydroxylation is 1. The quantitative estimate of drug-likeness (QED) is 0.770. The lowest BCUT2D eigenvalue weighted by Crippen LogP contribution is -2.24. The van der Waals surface area contributed by atoms with Crippen LogP contribution in [-0.2, 0) is 4.74 Å². The Labute approximate surface area is 139 Å². The van der Waals surface area contributed by atoms with Crippen LogP contribution in [0.5, 0.6) is 0 Å². The molecule has 2 fully saturated rings. The number of aliphatic hydroxyl groups excluding tert-OH is 2. The first-order valence-electron chi connectivity index (χ1n) is 8.58. The molecule has 24 heavy (non-hydrogen) atoms. The molecule has 0 bridgehead atoms. The average Bonchev–Trinajstić information content (AvgIpc) is 3.26. The standard InChI is InChI=1S/C16H23N5O3/c1-9-18-15(20-10-4-2-3-5-10)14-16(19-9)21(8-17-14)13-6-11(23)12(7-22)24-13/h8,10-13,22-23H,2-7H2,1H3,(H,18,19,20)/t11-,12+,13+/m0/s1. The molecular weight excluding hydrogens is 310 g/mol. The van der Waals surface area contributed by atoms with Gasteiger partial charge < -0.3 is 20.3 Å². The van der Waals surface area contributed by atoms with Crippen LogP contribution in [0.4, 0.5) is 5.82 Å². The molecule has 4 rings (SSSR count). The zero-order valence-electron chi connectivity index (χ0n) is 13.7. The highest BCUT2D eigenvalue weighted by atomic mass is 16.5. The van der Waals surface area contributed by atoms with E-state index in [2.05, 4.69) is 20.3 Å². The van der Waals surface area contributed by atoms with Crippen LogP contribution in [0.3, 0.4) is 0 Å². The molecule has 0 amide bonds. The van der Waals surface area contributed by atoms with Crippen molar-refractivity contribution < 1.29 is 14.9 Å². The second kappa shape index (κ2) is 6.27. The van der Waals surface area contributed by atoms with Crippen molar-refractivity contribution in [2.45, 2.75) is 63.5 Å². The van der Waals surface area contributed by atoms with E-state index in [0.717, 1.165) is 24.2 Å². The van der Waals surface area contributed by atoms with Gasteiger partial charge >= 0.3 is 0 Å². The maximum atomic E-state index is 9.97. The van der Waals surface area contributed by atoms with Gasteiger partial charge in [-0.15, -0.1) is 0 Å². The van der Waals surface area contributed by atoms with Gasteiger partial charge in [-0.25, -0.2) is 15.0 Å². The van der Waals surface area contributed by atoms with Gasteiger partial charge in [-0.05, 0) is 19.8 Å². The molecule has 3 heterocycles. The fourth-order valence-electron chi connectivity index (χ4n) is 3.65. The number of ether oxygens (including phenoxy) is 1. The lowest BCUT2D eigenvalue weighted by Gasteiger charge is -2.15. The summed E-state index contributed by atoms with van der Waals surface area (Å²) in [4.78, 5) is 13.5. The molecule has 2 aromatic rings. The number of hydrogen-bond donors (Lipinski definition) is 3. The van der Waals surface area contributed by atoms with E-state index in [1.807, 2.05) is 11.5 Å². The Bertz CT molecular complexity index is 728. The number of anilines is 1. The second-order valence-electron chi connectivity index (χ2n) is 6.68. The zero-order valence-corrected chi connectivity index (χ0v) is 13.7. The lowest BCUT2D eigenvalue weighted by atomic mass is 10.2. The third kappa shape index (κ3) is 2.74. The van der Waals surface area contributed by atoms with Crippen LogP contribution in [0.25, 0.3) is 11.2 Å². The predicted molar refractivity (Wildman–Crippen MR) is 87.6 cm³/mol. The maximum absolute atomic E-state index is 9.97. The highest BCUT2D eigenvalue weighted by molar-refractivity contribution is 5.83. The highest BCUT2D eigenvalue weighted by Crippen LogP contribution is 2.32. The van der Waals surface area contributed by atoms with Gasteiger partial charge in [-0.2, -0.15) is 0 Å². The Balaban J connectivity index is 1.67. The minimum absolute atomic E-state index is 0.202. The Morgan fingerprint density at radius 1 is 1.33 bits per heavy atom. The Kier molecular flexibility index (Phi) is 4.11. The smallest absolute Gasteiger partial charge is 0.167 e. The number of rotatable bonds is 4. The molecule has 1 saturated heterocycles. The molecule has 2 aliphatic rings. The lowest BCUT2D eigenvalue weighted by molar-refractivity contribution is -0.0432. The highest BCUT2D eigenvalue weighted by Gasteiger charge is 2.35. The van der Waals surface area contributed by atoms with Crippen molar-refractivity contribution in [3.8, 4) is 0 Å². The zero-order chi connectivity index (χ0) is 16.7. The molecule has 1 saturated carbocycles. The molecule has 0 radical (unpaired) electrons.